The van der Waals surface area contributed by atoms with E-state index in [1.807, 2.05) is 20.0 Å². The van der Waals surface area contributed by atoms with Gasteiger partial charge in [-0.1, -0.05) is 11.6 Å². The molecule has 4 nitrogen and oxygen atoms in total. The van der Waals surface area contributed by atoms with E-state index in [4.69, 9.17) is 22.1 Å². The van der Waals surface area contributed by atoms with Gasteiger partial charge in [-0.2, -0.15) is 5.10 Å². The largest absolute Gasteiger partial charge is 0.485 e. The van der Waals surface area contributed by atoms with Gasteiger partial charge in [0.15, 0.2) is 0 Å². The third kappa shape index (κ3) is 2.71. The van der Waals surface area contributed by atoms with E-state index in [1.165, 1.54) is 0 Å². The molecule has 0 saturated carbocycles. The zero-order valence-electron chi connectivity index (χ0n) is 9.77. The zero-order valence-corrected chi connectivity index (χ0v) is 10.5. The molecule has 0 fully saturated rings. The zero-order chi connectivity index (χ0) is 12.4. The monoisotopic (exact) mass is 251 g/mol. The van der Waals surface area contributed by atoms with Crippen molar-refractivity contribution in [2.45, 2.75) is 13.5 Å². The number of rotatable bonds is 3. The van der Waals surface area contributed by atoms with Crippen molar-refractivity contribution in [3.05, 3.63) is 40.7 Å². The lowest BCUT2D eigenvalue weighted by Crippen LogP contribution is -2.04. The van der Waals surface area contributed by atoms with Gasteiger partial charge in [0.25, 0.3) is 0 Å². The molecule has 0 amide bonds. The van der Waals surface area contributed by atoms with Crippen LogP contribution in [0.25, 0.3) is 0 Å². The van der Waals surface area contributed by atoms with Crippen molar-refractivity contribution in [3.63, 3.8) is 0 Å². The Balaban J connectivity index is 2.12. The number of halogens is 1. The van der Waals surface area contributed by atoms with Crippen LogP contribution >= 0.6 is 11.6 Å². The number of nitrogen functional groups attached to an aromatic ring is 1. The second-order valence-electron chi connectivity index (χ2n) is 3.87. The molecule has 0 atom stereocenters. The van der Waals surface area contributed by atoms with Crippen LogP contribution < -0.4 is 10.5 Å². The predicted octanol–water partition coefficient (Wildman–Crippen LogP) is 2.54. The Kier molecular flexibility index (Phi) is 3.24. The number of hydrogen-bond donors (Lipinski definition) is 1. The highest BCUT2D eigenvalue weighted by Gasteiger charge is 2.05. The lowest BCUT2D eigenvalue weighted by Gasteiger charge is -2.09. The molecule has 2 rings (SSSR count). The molecule has 1 heterocycles. The number of aromatic nitrogens is 2. The molecule has 0 spiro atoms. The minimum atomic E-state index is 0.419. The quantitative estimate of drug-likeness (QED) is 0.853. The Bertz CT molecular complexity index is 537. The first-order valence-electron chi connectivity index (χ1n) is 5.23. The van der Waals surface area contributed by atoms with Crippen LogP contribution in [0.1, 0.15) is 11.4 Å². The van der Waals surface area contributed by atoms with Crippen molar-refractivity contribution < 1.29 is 4.74 Å². The topological polar surface area (TPSA) is 53.1 Å². The number of benzene rings is 1. The Morgan fingerprint density at radius 2 is 2.18 bits per heavy atom. The van der Waals surface area contributed by atoms with Gasteiger partial charge in [-0.15, -0.1) is 0 Å². The SMILES string of the molecule is Cc1cc(COc2cc(Cl)ccc2N)n(C)n1. The number of anilines is 1. The first kappa shape index (κ1) is 11.8. The van der Waals surface area contributed by atoms with Gasteiger partial charge in [-0.25, -0.2) is 0 Å². The maximum Gasteiger partial charge on any atom is 0.144 e. The molecule has 0 aliphatic heterocycles. The number of nitrogens with two attached hydrogens (primary N) is 1. The van der Waals surface area contributed by atoms with Crippen LogP contribution in [-0.4, -0.2) is 9.78 Å². The smallest absolute Gasteiger partial charge is 0.144 e. The van der Waals surface area contributed by atoms with Crippen LogP contribution in [-0.2, 0) is 13.7 Å². The van der Waals surface area contributed by atoms with Gasteiger partial charge in [-0.05, 0) is 25.1 Å². The van der Waals surface area contributed by atoms with Gasteiger partial charge in [-0.3, -0.25) is 4.68 Å². The number of aryl methyl sites for hydroxylation is 2. The summed E-state index contributed by atoms with van der Waals surface area (Å²) in [6.07, 6.45) is 0. The van der Waals surface area contributed by atoms with E-state index in [-0.39, 0.29) is 0 Å². The van der Waals surface area contributed by atoms with Crippen molar-refractivity contribution in [1.29, 1.82) is 0 Å². The van der Waals surface area contributed by atoms with Gasteiger partial charge in [0.2, 0.25) is 0 Å². The molecule has 90 valence electrons. The fourth-order valence-corrected chi connectivity index (χ4v) is 1.75. The first-order valence-corrected chi connectivity index (χ1v) is 5.61. The lowest BCUT2D eigenvalue weighted by atomic mass is 10.3. The summed E-state index contributed by atoms with van der Waals surface area (Å²) in [5.74, 6) is 0.594. The van der Waals surface area contributed by atoms with Crippen LogP contribution in [0.5, 0.6) is 5.75 Å². The van der Waals surface area contributed by atoms with Crippen LogP contribution in [0.15, 0.2) is 24.3 Å². The summed E-state index contributed by atoms with van der Waals surface area (Å²) >= 11 is 5.88. The summed E-state index contributed by atoms with van der Waals surface area (Å²) < 4.78 is 7.42. The normalized spacial score (nSPS) is 10.5. The summed E-state index contributed by atoms with van der Waals surface area (Å²) in [7, 11) is 1.88. The molecule has 0 unspecified atom stereocenters. The summed E-state index contributed by atoms with van der Waals surface area (Å²) in [5, 5.41) is 4.85. The van der Waals surface area contributed by atoms with Crippen molar-refractivity contribution >= 4 is 17.3 Å². The van der Waals surface area contributed by atoms with E-state index in [2.05, 4.69) is 5.10 Å². The fourth-order valence-electron chi connectivity index (χ4n) is 1.58. The molecule has 0 radical (unpaired) electrons. The molecule has 1 aromatic heterocycles. The van der Waals surface area contributed by atoms with Gasteiger partial charge in [0, 0.05) is 18.1 Å². The molecule has 2 aromatic rings. The minimum absolute atomic E-state index is 0.419. The highest BCUT2D eigenvalue weighted by Crippen LogP contribution is 2.26. The maximum atomic E-state index is 5.88. The summed E-state index contributed by atoms with van der Waals surface area (Å²) in [4.78, 5) is 0. The van der Waals surface area contributed by atoms with E-state index >= 15 is 0 Å². The minimum Gasteiger partial charge on any atom is -0.485 e. The lowest BCUT2D eigenvalue weighted by molar-refractivity contribution is 0.296. The Labute approximate surface area is 105 Å². The highest BCUT2D eigenvalue weighted by molar-refractivity contribution is 6.30. The number of hydrogen-bond acceptors (Lipinski definition) is 3. The van der Waals surface area contributed by atoms with Crippen molar-refractivity contribution in [1.82, 2.24) is 9.78 Å². The van der Waals surface area contributed by atoms with Gasteiger partial charge in [0.05, 0.1) is 17.1 Å². The second-order valence-corrected chi connectivity index (χ2v) is 4.31. The molecule has 1 aromatic carbocycles. The van der Waals surface area contributed by atoms with Gasteiger partial charge in [0.1, 0.15) is 12.4 Å². The molecule has 2 N–H and O–H groups in total. The molecule has 0 aliphatic carbocycles. The third-order valence-electron chi connectivity index (χ3n) is 2.45. The van der Waals surface area contributed by atoms with Crippen molar-refractivity contribution in [2.75, 3.05) is 5.73 Å². The van der Waals surface area contributed by atoms with Crippen LogP contribution in [0.2, 0.25) is 5.02 Å². The van der Waals surface area contributed by atoms with Crippen molar-refractivity contribution in [2.24, 2.45) is 7.05 Å². The first-order chi connectivity index (χ1) is 8.06. The Hall–Kier alpha value is -1.68. The van der Waals surface area contributed by atoms with E-state index < -0.39 is 0 Å². The molecule has 0 bridgehead atoms. The molecule has 0 saturated heterocycles. The molecule has 17 heavy (non-hydrogen) atoms. The summed E-state index contributed by atoms with van der Waals surface area (Å²) in [6, 6.07) is 7.14. The Morgan fingerprint density at radius 3 is 2.82 bits per heavy atom. The average molecular weight is 252 g/mol. The van der Waals surface area contributed by atoms with E-state index in [0.717, 1.165) is 11.4 Å². The van der Waals surface area contributed by atoms with E-state index in [0.29, 0.717) is 23.1 Å². The van der Waals surface area contributed by atoms with Gasteiger partial charge >= 0.3 is 0 Å². The molecular formula is C12H14ClN3O. The van der Waals surface area contributed by atoms with Crippen molar-refractivity contribution in [3.8, 4) is 5.75 Å². The molecule has 5 heteroatoms. The average Bonchev–Trinajstić information content (AvgIpc) is 2.59. The van der Waals surface area contributed by atoms with E-state index in [9.17, 15) is 0 Å². The summed E-state index contributed by atoms with van der Waals surface area (Å²) in [5.41, 5.74) is 8.32. The Morgan fingerprint density at radius 1 is 1.41 bits per heavy atom. The number of nitrogens with zero attached hydrogens (tertiary/aromatic N) is 2. The van der Waals surface area contributed by atoms with Crippen LogP contribution in [0, 0.1) is 6.92 Å². The summed E-state index contributed by atoms with van der Waals surface area (Å²) in [6.45, 7) is 2.36. The second kappa shape index (κ2) is 4.67. The highest BCUT2D eigenvalue weighted by atomic mass is 35.5. The predicted molar refractivity (Wildman–Crippen MR) is 68.1 cm³/mol. The van der Waals surface area contributed by atoms with E-state index in [1.54, 1.807) is 22.9 Å². The fraction of sp³-hybridized carbons (Fsp3) is 0.250. The third-order valence-corrected chi connectivity index (χ3v) is 2.69. The number of ether oxygens (including phenoxy) is 1. The van der Waals surface area contributed by atoms with Gasteiger partial charge < -0.3 is 10.5 Å². The maximum absolute atomic E-state index is 5.88. The molecular weight excluding hydrogens is 238 g/mol. The van der Waals surface area contributed by atoms with Crippen LogP contribution in [0.4, 0.5) is 5.69 Å². The molecule has 0 aliphatic rings. The standard InChI is InChI=1S/C12H14ClN3O/c1-8-5-10(16(2)15-8)7-17-12-6-9(13)3-4-11(12)14/h3-6H,7,14H2,1-2H3. The van der Waals surface area contributed by atoms with Crippen LogP contribution in [0.3, 0.4) is 0 Å².